The number of rotatable bonds is 3. The molecule has 2 aromatic heterocycles. The summed E-state index contributed by atoms with van der Waals surface area (Å²) in [6.45, 7) is 3.63. The smallest absolute Gasteiger partial charge is 0.276 e. The van der Waals surface area contributed by atoms with Crippen molar-refractivity contribution in [3.63, 3.8) is 0 Å². The van der Waals surface area contributed by atoms with Crippen LogP contribution in [0.4, 0.5) is 5.69 Å². The maximum absolute atomic E-state index is 13.2. The number of benzene rings is 3. The molecule has 0 fully saturated rings. The molecule has 0 spiro atoms. The number of aromatic nitrogens is 2. The van der Waals surface area contributed by atoms with E-state index in [1.807, 2.05) is 77.2 Å². The van der Waals surface area contributed by atoms with Crippen molar-refractivity contribution in [1.82, 2.24) is 14.7 Å². The number of nitrogens with zero attached hydrogens (tertiary/aromatic N) is 3. The van der Waals surface area contributed by atoms with Gasteiger partial charge < -0.3 is 14.6 Å². The molecule has 0 saturated heterocycles. The van der Waals surface area contributed by atoms with Crippen molar-refractivity contribution in [2.75, 3.05) is 11.9 Å². The molecule has 3 heterocycles. The van der Waals surface area contributed by atoms with Gasteiger partial charge in [0.05, 0.1) is 12.2 Å². The molecule has 180 valence electrons. The zero-order valence-electron chi connectivity index (χ0n) is 19.6. The summed E-state index contributed by atoms with van der Waals surface area (Å²) in [7, 11) is 0. The van der Waals surface area contributed by atoms with Crippen LogP contribution >= 0.6 is 15.9 Å². The van der Waals surface area contributed by atoms with E-state index in [1.165, 1.54) is 0 Å². The summed E-state index contributed by atoms with van der Waals surface area (Å²) in [6, 6.07) is 20.9. The molecule has 0 aliphatic carbocycles. The van der Waals surface area contributed by atoms with Crippen LogP contribution in [-0.2, 0) is 13.1 Å². The van der Waals surface area contributed by atoms with Gasteiger partial charge in [-0.3, -0.25) is 14.3 Å². The Morgan fingerprint density at radius 1 is 0.972 bits per heavy atom. The Morgan fingerprint density at radius 2 is 1.81 bits per heavy atom. The van der Waals surface area contributed by atoms with Crippen molar-refractivity contribution in [1.29, 1.82) is 0 Å². The highest BCUT2D eigenvalue weighted by atomic mass is 79.9. The third-order valence-electron chi connectivity index (χ3n) is 6.59. The zero-order chi connectivity index (χ0) is 24.8. The second kappa shape index (κ2) is 8.95. The van der Waals surface area contributed by atoms with Gasteiger partial charge in [0.15, 0.2) is 5.69 Å². The van der Waals surface area contributed by atoms with E-state index in [4.69, 9.17) is 4.42 Å². The monoisotopic (exact) mass is 542 g/mol. The SMILES string of the molecule is Cc1cc(Br)ccc1C(=O)N1CCCn2nc(C(=O)Nc3ccc4oc5ccccc5c4c3)cc2C1. The highest BCUT2D eigenvalue weighted by Crippen LogP contribution is 2.30. The van der Waals surface area contributed by atoms with Gasteiger partial charge >= 0.3 is 0 Å². The quantitative estimate of drug-likeness (QED) is 0.296. The van der Waals surface area contributed by atoms with Gasteiger partial charge in [-0.2, -0.15) is 5.10 Å². The number of hydrogen-bond acceptors (Lipinski definition) is 4. The van der Waals surface area contributed by atoms with Crippen molar-refractivity contribution >= 4 is 55.4 Å². The summed E-state index contributed by atoms with van der Waals surface area (Å²) < 4.78 is 8.66. The number of anilines is 1. The maximum atomic E-state index is 13.2. The lowest BCUT2D eigenvalue weighted by atomic mass is 10.1. The van der Waals surface area contributed by atoms with Crippen LogP contribution in [-0.4, -0.2) is 33.0 Å². The Morgan fingerprint density at radius 3 is 2.67 bits per heavy atom. The van der Waals surface area contributed by atoms with Crippen LogP contribution in [0.15, 0.2) is 75.6 Å². The first kappa shape index (κ1) is 22.5. The number of carbonyl (C=O) groups excluding carboxylic acids is 2. The molecule has 2 amide bonds. The largest absolute Gasteiger partial charge is 0.456 e. The molecule has 8 heteroatoms. The minimum atomic E-state index is -0.288. The molecule has 0 unspecified atom stereocenters. The van der Waals surface area contributed by atoms with Crippen LogP contribution < -0.4 is 5.32 Å². The van der Waals surface area contributed by atoms with Gasteiger partial charge in [-0.15, -0.1) is 0 Å². The number of aryl methyl sites for hydroxylation is 2. The van der Waals surface area contributed by atoms with Crippen molar-refractivity contribution in [2.45, 2.75) is 26.4 Å². The normalized spacial score (nSPS) is 13.6. The van der Waals surface area contributed by atoms with Crippen molar-refractivity contribution in [2.24, 2.45) is 0 Å². The minimum absolute atomic E-state index is 0.0127. The van der Waals surface area contributed by atoms with E-state index in [-0.39, 0.29) is 11.8 Å². The summed E-state index contributed by atoms with van der Waals surface area (Å²) >= 11 is 3.46. The number of furan rings is 1. The number of para-hydroxylation sites is 1. The van der Waals surface area contributed by atoms with Crippen molar-refractivity contribution < 1.29 is 14.0 Å². The Bertz CT molecular complexity index is 1650. The van der Waals surface area contributed by atoms with E-state index in [1.54, 1.807) is 6.07 Å². The lowest BCUT2D eigenvalue weighted by Crippen LogP contribution is -2.31. The fourth-order valence-electron chi connectivity index (χ4n) is 4.78. The number of amides is 2. The first-order valence-electron chi connectivity index (χ1n) is 11.8. The molecule has 6 rings (SSSR count). The molecule has 0 bridgehead atoms. The van der Waals surface area contributed by atoms with Crippen LogP contribution in [0.5, 0.6) is 0 Å². The van der Waals surface area contributed by atoms with Gasteiger partial charge in [-0.1, -0.05) is 34.1 Å². The first-order valence-corrected chi connectivity index (χ1v) is 12.6. The minimum Gasteiger partial charge on any atom is -0.456 e. The van der Waals surface area contributed by atoms with E-state index in [0.29, 0.717) is 36.6 Å². The molecule has 3 aromatic carbocycles. The van der Waals surface area contributed by atoms with E-state index in [2.05, 4.69) is 26.3 Å². The molecule has 0 radical (unpaired) electrons. The zero-order valence-corrected chi connectivity index (χ0v) is 21.2. The second-order valence-corrected chi connectivity index (χ2v) is 9.96. The molecule has 0 saturated carbocycles. The molecule has 1 aliphatic heterocycles. The van der Waals surface area contributed by atoms with Gasteiger partial charge in [0, 0.05) is 39.6 Å². The molecule has 0 atom stereocenters. The van der Waals surface area contributed by atoms with E-state index < -0.39 is 0 Å². The number of nitrogens with one attached hydrogen (secondary N) is 1. The first-order chi connectivity index (χ1) is 17.5. The third-order valence-corrected chi connectivity index (χ3v) is 7.08. The Labute approximate surface area is 215 Å². The highest BCUT2D eigenvalue weighted by Gasteiger charge is 2.24. The average Bonchev–Trinajstić information content (AvgIpc) is 3.38. The molecule has 5 aromatic rings. The predicted octanol–water partition coefficient (Wildman–Crippen LogP) is 6.15. The Hall–Kier alpha value is -3.91. The number of halogens is 1. The second-order valence-electron chi connectivity index (χ2n) is 9.05. The highest BCUT2D eigenvalue weighted by molar-refractivity contribution is 9.10. The van der Waals surface area contributed by atoms with Crippen LogP contribution in [0, 0.1) is 6.92 Å². The van der Waals surface area contributed by atoms with Crippen LogP contribution in [0.3, 0.4) is 0 Å². The summed E-state index contributed by atoms with van der Waals surface area (Å²) in [5.41, 5.74) is 5.04. The summed E-state index contributed by atoms with van der Waals surface area (Å²) in [6.07, 6.45) is 0.765. The number of fused-ring (bicyclic) bond motifs is 4. The van der Waals surface area contributed by atoms with Gasteiger partial charge in [0.2, 0.25) is 0 Å². The van der Waals surface area contributed by atoms with Crippen LogP contribution in [0.2, 0.25) is 0 Å². The Kier molecular flexibility index (Phi) is 5.60. The number of carbonyl (C=O) groups is 2. The molecule has 7 nitrogen and oxygen atoms in total. The van der Waals surface area contributed by atoms with Crippen LogP contribution in [0.1, 0.15) is 38.5 Å². The maximum Gasteiger partial charge on any atom is 0.276 e. The molecular formula is C28H23BrN4O3. The fourth-order valence-corrected chi connectivity index (χ4v) is 5.26. The summed E-state index contributed by atoms with van der Waals surface area (Å²) in [5.74, 6) is -0.300. The molecule has 1 aliphatic rings. The van der Waals surface area contributed by atoms with Gasteiger partial charge in [-0.05, 0) is 67.4 Å². The standard InChI is InChI=1S/C28H23BrN4O3/c1-17-13-18(29)7-9-21(17)28(35)32-11-4-12-33-20(16-32)15-24(31-33)27(34)30-19-8-10-26-23(14-19)22-5-2-3-6-25(22)36-26/h2-3,5-10,13-15H,4,11-12,16H2,1H3,(H,30,34). The summed E-state index contributed by atoms with van der Waals surface area (Å²) in [4.78, 5) is 28.2. The fraction of sp³-hybridized carbons (Fsp3) is 0.179. The van der Waals surface area contributed by atoms with Gasteiger partial charge in [0.1, 0.15) is 11.2 Å². The molecular weight excluding hydrogens is 520 g/mol. The molecule has 36 heavy (non-hydrogen) atoms. The summed E-state index contributed by atoms with van der Waals surface area (Å²) in [5, 5.41) is 9.46. The number of hydrogen-bond donors (Lipinski definition) is 1. The van der Waals surface area contributed by atoms with E-state index >= 15 is 0 Å². The topological polar surface area (TPSA) is 80.4 Å². The van der Waals surface area contributed by atoms with Gasteiger partial charge in [0.25, 0.3) is 11.8 Å². The van der Waals surface area contributed by atoms with Crippen molar-refractivity contribution in [3.8, 4) is 0 Å². The molecule has 1 N–H and O–H groups in total. The van der Waals surface area contributed by atoms with Gasteiger partial charge in [-0.25, -0.2) is 0 Å². The Balaban J connectivity index is 1.22. The lowest BCUT2D eigenvalue weighted by molar-refractivity contribution is 0.0745. The lowest BCUT2D eigenvalue weighted by Gasteiger charge is -2.21. The predicted molar refractivity (Wildman–Crippen MR) is 142 cm³/mol. The van der Waals surface area contributed by atoms with Crippen LogP contribution in [0.25, 0.3) is 21.9 Å². The van der Waals surface area contributed by atoms with E-state index in [0.717, 1.165) is 44.1 Å². The third kappa shape index (κ3) is 4.07. The van der Waals surface area contributed by atoms with E-state index in [9.17, 15) is 9.59 Å². The average molecular weight is 543 g/mol. The van der Waals surface area contributed by atoms with Crippen molar-refractivity contribution in [3.05, 3.63) is 93.7 Å².